The number of nitrogens with zero attached hydrogens (tertiary/aromatic N) is 2. The summed E-state index contributed by atoms with van der Waals surface area (Å²) >= 11 is 0. The van der Waals surface area contributed by atoms with Crippen molar-refractivity contribution in [2.75, 3.05) is 74.0 Å². The molecule has 0 unspecified atom stereocenters. The normalized spacial score (nSPS) is 10.7. The molecule has 0 saturated heterocycles. The Kier molecular flexibility index (Phi) is 16.6. The summed E-state index contributed by atoms with van der Waals surface area (Å²) in [6, 6.07) is 24.1. The monoisotopic (exact) mass is 806 g/mol. The van der Waals surface area contributed by atoms with Crippen LogP contribution in [0.3, 0.4) is 0 Å². The molecule has 6 amide bonds. The molecule has 5 rings (SSSR count). The van der Waals surface area contributed by atoms with Gasteiger partial charge in [0.25, 0.3) is 6.26 Å². The van der Waals surface area contributed by atoms with E-state index in [1.54, 1.807) is 54.8 Å². The lowest BCUT2D eigenvalue weighted by Crippen LogP contribution is -2.31. The number of carbonyl (C=O) groups is 4. The van der Waals surface area contributed by atoms with Gasteiger partial charge in [-0.1, -0.05) is 36.4 Å². The van der Waals surface area contributed by atoms with Crippen molar-refractivity contribution in [3.05, 3.63) is 107 Å². The maximum absolute atomic E-state index is 12.5. The largest absolute Gasteiger partial charge is 0.447 e. The number of amides is 6. The minimum Gasteiger partial charge on any atom is -0.447 e. The van der Waals surface area contributed by atoms with Gasteiger partial charge < -0.3 is 45.0 Å². The van der Waals surface area contributed by atoms with Gasteiger partial charge in [-0.3, -0.25) is 10.6 Å². The number of benzene rings is 4. The number of carbonyl (C=O) groups excluding carboxylic acids is 5. The summed E-state index contributed by atoms with van der Waals surface area (Å²) in [6.45, 7) is 1.60. The molecule has 0 bridgehead atoms. The van der Waals surface area contributed by atoms with Crippen LogP contribution in [0.1, 0.15) is 22.3 Å². The maximum Gasteiger partial charge on any atom is 0.411 e. The molecule has 4 aromatic carbocycles. The highest BCUT2D eigenvalue weighted by Gasteiger charge is 2.20. The Labute approximate surface area is 339 Å². The zero-order valence-corrected chi connectivity index (χ0v) is 31.8. The topological polar surface area (TPSA) is 240 Å². The van der Waals surface area contributed by atoms with E-state index in [9.17, 15) is 24.0 Å². The lowest BCUT2D eigenvalue weighted by molar-refractivity contribution is 0.0802. The summed E-state index contributed by atoms with van der Waals surface area (Å²) in [6.07, 6.45) is 2.42. The average Bonchev–Trinajstić information content (AvgIpc) is 3.59. The van der Waals surface area contributed by atoms with Crippen LogP contribution in [0.4, 0.5) is 41.9 Å². The van der Waals surface area contributed by atoms with E-state index in [1.807, 2.05) is 36.4 Å². The lowest BCUT2D eigenvalue weighted by atomic mass is 10.1. The van der Waals surface area contributed by atoms with Crippen LogP contribution in [-0.2, 0) is 48.1 Å². The number of nitriles is 1. The number of anilines is 4. The van der Waals surface area contributed by atoms with Crippen molar-refractivity contribution in [1.29, 1.82) is 5.26 Å². The zero-order valence-electron chi connectivity index (χ0n) is 31.8. The highest BCUT2D eigenvalue weighted by atomic mass is 16.6. The molecule has 0 aromatic heterocycles. The molecule has 0 aliphatic heterocycles. The van der Waals surface area contributed by atoms with Crippen molar-refractivity contribution in [2.24, 2.45) is 4.99 Å². The second kappa shape index (κ2) is 22.9. The molecular weight excluding hydrogens is 764 g/mol. The first kappa shape index (κ1) is 42.7. The first-order chi connectivity index (χ1) is 28.8. The molecule has 6 N–H and O–H groups in total. The molecule has 59 heavy (non-hydrogen) atoms. The van der Waals surface area contributed by atoms with Crippen molar-refractivity contribution in [2.45, 2.75) is 19.6 Å². The van der Waals surface area contributed by atoms with Crippen molar-refractivity contribution < 1.29 is 47.7 Å². The van der Waals surface area contributed by atoms with Crippen LogP contribution in [0.2, 0.25) is 0 Å². The van der Waals surface area contributed by atoms with E-state index in [-0.39, 0.29) is 65.9 Å². The lowest BCUT2D eigenvalue weighted by Gasteiger charge is -2.11. The third kappa shape index (κ3) is 14.5. The van der Waals surface area contributed by atoms with Gasteiger partial charge in [0, 0.05) is 35.8 Å². The smallest absolute Gasteiger partial charge is 0.411 e. The Morgan fingerprint density at radius 3 is 1.54 bits per heavy atom. The third-order valence-electron chi connectivity index (χ3n) is 8.41. The van der Waals surface area contributed by atoms with Crippen LogP contribution in [0.25, 0.3) is 11.1 Å². The number of aliphatic imine (C=N–C) groups is 1. The molecule has 1 aliphatic rings. The van der Waals surface area contributed by atoms with Gasteiger partial charge in [0.1, 0.15) is 19.8 Å². The summed E-state index contributed by atoms with van der Waals surface area (Å²) in [5.74, 6) is 0. The molecule has 0 heterocycles. The zero-order chi connectivity index (χ0) is 41.7. The maximum atomic E-state index is 12.5. The SMILES string of the molecule is N#COCc1ccc(NC(=O)OCCOCCNC(=O)Nc2ccc3c(c2)Cc2cc(NC(=O)NCCOCCOC(=O)Nc4ccc(CN=C=O)cc4)ccc2-3)cc1. The molecule has 1 aliphatic carbocycles. The van der Waals surface area contributed by atoms with E-state index in [2.05, 4.69) is 41.6 Å². The number of hydrogen-bond acceptors (Lipinski definition) is 12. The standard InChI is InChI=1S/C41H42N8O10/c42-26-57-25-29-3-7-33(8-4-29)49-41(54)59-20-18-56-16-14-45-39(52)47-35-10-12-37-31(23-35)21-30-22-34(9-11-36(30)37)46-38(51)44-13-15-55-17-19-58-40(53)48-32-5-1-28(2-6-32)24-43-27-50/h1-12,22-23H,13-21,24-25H2,(H,48,53)(H,49,54)(H2,44,46,51)(H2,45,47,52). The number of isocyanates is 1. The highest BCUT2D eigenvalue weighted by molar-refractivity contribution is 5.92. The van der Waals surface area contributed by atoms with E-state index in [0.717, 1.165) is 33.4 Å². The number of rotatable bonds is 20. The molecule has 4 aromatic rings. The number of ether oxygens (including phenoxy) is 5. The average molecular weight is 807 g/mol. The third-order valence-corrected chi connectivity index (χ3v) is 8.41. The first-order valence-electron chi connectivity index (χ1n) is 18.4. The number of nitrogens with one attached hydrogen (secondary N) is 6. The van der Waals surface area contributed by atoms with Crippen LogP contribution in [0.15, 0.2) is 89.9 Å². The number of hydrogen-bond donors (Lipinski definition) is 6. The molecule has 0 spiro atoms. The highest BCUT2D eigenvalue weighted by Crippen LogP contribution is 2.39. The molecule has 18 heteroatoms. The predicted octanol–water partition coefficient (Wildman–Crippen LogP) is 5.86. The number of fused-ring (bicyclic) bond motifs is 3. The van der Waals surface area contributed by atoms with E-state index < -0.39 is 24.2 Å². The fraction of sp³-hybridized carbons (Fsp3) is 0.268. The van der Waals surface area contributed by atoms with Gasteiger partial charge in [-0.2, -0.15) is 5.26 Å². The van der Waals surface area contributed by atoms with Crippen LogP contribution >= 0.6 is 0 Å². The van der Waals surface area contributed by atoms with Crippen molar-refractivity contribution in [3.63, 3.8) is 0 Å². The Balaban J connectivity index is 0.903. The van der Waals surface area contributed by atoms with Gasteiger partial charge in [-0.15, -0.1) is 0 Å². The van der Waals surface area contributed by atoms with Gasteiger partial charge in [0.15, 0.2) is 0 Å². The Morgan fingerprint density at radius 1 is 0.593 bits per heavy atom. The van der Waals surface area contributed by atoms with Crippen LogP contribution in [0, 0.1) is 11.5 Å². The molecule has 306 valence electrons. The molecule has 18 nitrogen and oxygen atoms in total. The quantitative estimate of drug-likeness (QED) is 0.0235. The molecule has 0 saturated carbocycles. The van der Waals surface area contributed by atoms with Crippen molar-refractivity contribution in [1.82, 2.24) is 10.6 Å². The Hall–Kier alpha value is -7.45. The Morgan fingerprint density at radius 2 is 1.07 bits per heavy atom. The summed E-state index contributed by atoms with van der Waals surface area (Å²) in [4.78, 5) is 62.7. The van der Waals surface area contributed by atoms with E-state index in [1.165, 1.54) is 6.08 Å². The molecule has 0 atom stereocenters. The van der Waals surface area contributed by atoms with Crippen LogP contribution < -0.4 is 31.9 Å². The summed E-state index contributed by atoms with van der Waals surface area (Å²) in [5, 5.41) is 24.8. The van der Waals surface area contributed by atoms with Crippen molar-refractivity contribution in [3.8, 4) is 17.4 Å². The summed E-state index contributed by atoms with van der Waals surface area (Å²) in [7, 11) is 0. The fourth-order valence-electron chi connectivity index (χ4n) is 5.71. The second-order valence-corrected chi connectivity index (χ2v) is 12.6. The van der Waals surface area contributed by atoms with Gasteiger partial charge in [0.2, 0.25) is 6.08 Å². The van der Waals surface area contributed by atoms with Gasteiger partial charge in [0.05, 0.1) is 33.0 Å². The minimum absolute atomic E-state index is 0.0205. The summed E-state index contributed by atoms with van der Waals surface area (Å²) < 4.78 is 25.7. The molecular formula is C41H42N8O10. The van der Waals surface area contributed by atoms with E-state index in [4.69, 9.17) is 24.2 Å². The molecule has 0 radical (unpaired) electrons. The van der Waals surface area contributed by atoms with Gasteiger partial charge in [-0.25, -0.2) is 29.0 Å². The van der Waals surface area contributed by atoms with E-state index >= 15 is 0 Å². The van der Waals surface area contributed by atoms with Gasteiger partial charge in [-0.05, 0) is 88.3 Å². The first-order valence-corrected chi connectivity index (χ1v) is 18.4. The Bertz CT molecular complexity index is 2150. The fourth-order valence-corrected chi connectivity index (χ4v) is 5.71. The summed E-state index contributed by atoms with van der Waals surface area (Å²) in [5.41, 5.74) is 8.04. The van der Waals surface area contributed by atoms with Crippen LogP contribution in [0.5, 0.6) is 0 Å². The molecule has 0 fully saturated rings. The van der Waals surface area contributed by atoms with Crippen molar-refractivity contribution >= 4 is 53.1 Å². The van der Waals surface area contributed by atoms with Crippen LogP contribution in [-0.4, -0.2) is 83.1 Å². The van der Waals surface area contributed by atoms with E-state index in [0.29, 0.717) is 29.2 Å². The second-order valence-electron chi connectivity index (χ2n) is 12.6. The number of urea groups is 2. The minimum atomic E-state index is -0.641. The van der Waals surface area contributed by atoms with Gasteiger partial charge >= 0.3 is 24.2 Å². The predicted molar refractivity (Wildman–Crippen MR) is 215 cm³/mol.